The minimum atomic E-state index is -0.147. The number of aromatic amines is 1. The molecule has 0 atom stereocenters. The first-order valence-corrected chi connectivity index (χ1v) is 8.71. The number of nitrogens with one attached hydrogen (secondary N) is 2. The van der Waals surface area contributed by atoms with Crippen LogP contribution in [0.1, 0.15) is 0 Å². The standard InChI is InChI=1S/C16H12Cl2N4OS/c17-10-5-7-11(8-6-10)19-14(23)9-24-16-20-15(21-22-16)12-3-1-2-4-13(12)18/h1-8H,9H2,(H,19,23)(H,20,21,22). The van der Waals surface area contributed by atoms with Gasteiger partial charge in [-0.3, -0.25) is 9.89 Å². The van der Waals surface area contributed by atoms with Gasteiger partial charge in [-0.2, -0.15) is 0 Å². The Hall–Kier alpha value is -2.02. The molecule has 0 fully saturated rings. The molecule has 0 saturated carbocycles. The Morgan fingerprint density at radius 1 is 1.12 bits per heavy atom. The minimum Gasteiger partial charge on any atom is -0.325 e. The number of aromatic nitrogens is 3. The summed E-state index contributed by atoms with van der Waals surface area (Å²) in [5.74, 6) is 0.621. The van der Waals surface area contributed by atoms with E-state index in [0.717, 1.165) is 5.56 Å². The molecule has 2 aromatic carbocycles. The third-order valence-electron chi connectivity index (χ3n) is 3.05. The lowest BCUT2D eigenvalue weighted by atomic mass is 10.2. The lowest BCUT2D eigenvalue weighted by Crippen LogP contribution is -2.13. The number of nitrogens with zero attached hydrogens (tertiary/aromatic N) is 2. The molecule has 0 aliphatic rings. The summed E-state index contributed by atoms with van der Waals surface area (Å²) in [4.78, 5) is 16.3. The molecule has 5 nitrogen and oxygen atoms in total. The Morgan fingerprint density at radius 3 is 2.62 bits per heavy atom. The molecule has 0 unspecified atom stereocenters. The van der Waals surface area contributed by atoms with Crippen molar-refractivity contribution in [2.75, 3.05) is 11.1 Å². The number of benzene rings is 2. The molecule has 0 radical (unpaired) electrons. The number of carbonyl (C=O) groups is 1. The monoisotopic (exact) mass is 378 g/mol. The molecule has 24 heavy (non-hydrogen) atoms. The maximum absolute atomic E-state index is 11.9. The third kappa shape index (κ3) is 4.29. The van der Waals surface area contributed by atoms with Gasteiger partial charge in [-0.05, 0) is 36.4 Å². The number of hydrogen-bond acceptors (Lipinski definition) is 4. The van der Waals surface area contributed by atoms with Crippen molar-refractivity contribution < 1.29 is 4.79 Å². The van der Waals surface area contributed by atoms with Gasteiger partial charge < -0.3 is 5.32 Å². The summed E-state index contributed by atoms with van der Waals surface area (Å²) in [5, 5.41) is 11.4. The average molecular weight is 379 g/mol. The van der Waals surface area contributed by atoms with Crippen LogP contribution in [0.2, 0.25) is 10.0 Å². The molecule has 0 bridgehead atoms. The van der Waals surface area contributed by atoms with Crippen LogP contribution in [0.15, 0.2) is 53.7 Å². The van der Waals surface area contributed by atoms with Crippen molar-refractivity contribution in [3.05, 3.63) is 58.6 Å². The Kier molecular flexibility index (Phi) is 5.40. The number of halogens is 2. The van der Waals surface area contributed by atoms with Gasteiger partial charge in [-0.1, -0.05) is 47.1 Å². The van der Waals surface area contributed by atoms with E-state index in [2.05, 4.69) is 20.5 Å². The lowest BCUT2D eigenvalue weighted by molar-refractivity contribution is -0.113. The SMILES string of the molecule is O=C(CSc1n[nH]c(-c2ccccc2Cl)n1)Nc1ccc(Cl)cc1. The number of thioether (sulfide) groups is 1. The predicted molar refractivity (Wildman–Crippen MR) is 97.6 cm³/mol. The first-order valence-electron chi connectivity index (χ1n) is 6.97. The molecule has 2 N–H and O–H groups in total. The molecule has 0 aliphatic carbocycles. The van der Waals surface area contributed by atoms with Crippen molar-refractivity contribution in [3.8, 4) is 11.4 Å². The van der Waals surface area contributed by atoms with Crippen LogP contribution >= 0.6 is 35.0 Å². The van der Waals surface area contributed by atoms with Crippen molar-refractivity contribution >= 4 is 46.6 Å². The van der Waals surface area contributed by atoms with E-state index < -0.39 is 0 Å². The van der Waals surface area contributed by atoms with Crippen LogP contribution in [0.3, 0.4) is 0 Å². The zero-order chi connectivity index (χ0) is 16.9. The lowest BCUT2D eigenvalue weighted by Gasteiger charge is -2.03. The van der Waals surface area contributed by atoms with Crippen molar-refractivity contribution in [2.24, 2.45) is 0 Å². The highest BCUT2D eigenvalue weighted by Crippen LogP contribution is 2.26. The van der Waals surface area contributed by atoms with Gasteiger partial charge >= 0.3 is 0 Å². The summed E-state index contributed by atoms with van der Waals surface area (Å²) in [6.07, 6.45) is 0. The van der Waals surface area contributed by atoms with Gasteiger partial charge in [0, 0.05) is 16.3 Å². The number of carbonyl (C=O) groups excluding carboxylic acids is 1. The Balaban J connectivity index is 1.58. The Bertz CT molecular complexity index is 851. The molecule has 0 spiro atoms. The highest BCUT2D eigenvalue weighted by molar-refractivity contribution is 7.99. The number of anilines is 1. The van der Waals surface area contributed by atoms with E-state index in [1.807, 2.05) is 18.2 Å². The van der Waals surface area contributed by atoms with Crippen molar-refractivity contribution in [1.29, 1.82) is 0 Å². The van der Waals surface area contributed by atoms with Crippen LogP contribution in [0.4, 0.5) is 5.69 Å². The van der Waals surface area contributed by atoms with Crippen molar-refractivity contribution in [1.82, 2.24) is 15.2 Å². The second kappa shape index (κ2) is 7.70. The molecule has 8 heteroatoms. The maximum Gasteiger partial charge on any atom is 0.234 e. The molecule has 0 saturated heterocycles. The van der Waals surface area contributed by atoms with E-state index >= 15 is 0 Å². The summed E-state index contributed by atoms with van der Waals surface area (Å²) in [6, 6.07) is 14.3. The van der Waals surface area contributed by atoms with E-state index in [9.17, 15) is 4.79 Å². The zero-order valence-electron chi connectivity index (χ0n) is 12.3. The van der Waals surface area contributed by atoms with Gasteiger partial charge in [0.15, 0.2) is 5.82 Å². The van der Waals surface area contributed by atoms with Gasteiger partial charge in [-0.25, -0.2) is 4.98 Å². The number of rotatable bonds is 5. The predicted octanol–water partition coefficient (Wildman–Crippen LogP) is 4.51. The summed E-state index contributed by atoms with van der Waals surface area (Å²) in [6.45, 7) is 0. The number of amides is 1. The summed E-state index contributed by atoms with van der Waals surface area (Å²) < 4.78 is 0. The van der Waals surface area contributed by atoms with Crippen LogP contribution < -0.4 is 5.32 Å². The molecule has 1 heterocycles. The van der Waals surface area contributed by atoms with E-state index in [4.69, 9.17) is 23.2 Å². The highest BCUT2D eigenvalue weighted by atomic mass is 35.5. The van der Waals surface area contributed by atoms with E-state index in [-0.39, 0.29) is 11.7 Å². The van der Waals surface area contributed by atoms with Crippen LogP contribution in [0.25, 0.3) is 11.4 Å². The van der Waals surface area contributed by atoms with Crippen LogP contribution in [-0.4, -0.2) is 26.8 Å². The maximum atomic E-state index is 11.9. The molecule has 122 valence electrons. The quantitative estimate of drug-likeness (QED) is 0.640. The van der Waals surface area contributed by atoms with Gasteiger partial charge in [0.25, 0.3) is 0 Å². The van der Waals surface area contributed by atoms with Crippen LogP contribution in [-0.2, 0) is 4.79 Å². The molecule has 3 rings (SSSR count). The van der Waals surface area contributed by atoms with Gasteiger partial charge in [0.1, 0.15) is 0 Å². The summed E-state index contributed by atoms with van der Waals surface area (Å²) in [7, 11) is 0. The second-order valence-electron chi connectivity index (χ2n) is 4.79. The Labute approximate surface area is 152 Å². The number of H-pyrrole nitrogens is 1. The fraction of sp³-hybridized carbons (Fsp3) is 0.0625. The first-order chi connectivity index (χ1) is 11.6. The molecular weight excluding hydrogens is 367 g/mol. The van der Waals surface area contributed by atoms with E-state index in [1.54, 1.807) is 30.3 Å². The zero-order valence-corrected chi connectivity index (χ0v) is 14.6. The van der Waals surface area contributed by atoms with Gasteiger partial charge in [-0.15, -0.1) is 5.10 Å². The second-order valence-corrected chi connectivity index (χ2v) is 6.58. The number of hydrogen-bond donors (Lipinski definition) is 2. The smallest absolute Gasteiger partial charge is 0.234 e. The largest absolute Gasteiger partial charge is 0.325 e. The Morgan fingerprint density at radius 2 is 1.88 bits per heavy atom. The average Bonchev–Trinajstić information content (AvgIpc) is 3.04. The fourth-order valence-corrected chi connectivity index (χ4v) is 2.89. The minimum absolute atomic E-state index is 0.147. The molecule has 0 aliphatic heterocycles. The summed E-state index contributed by atoms with van der Waals surface area (Å²) in [5.41, 5.74) is 1.46. The van der Waals surface area contributed by atoms with Crippen molar-refractivity contribution in [2.45, 2.75) is 5.16 Å². The first kappa shape index (κ1) is 16.8. The van der Waals surface area contributed by atoms with Crippen molar-refractivity contribution in [3.63, 3.8) is 0 Å². The van der Waals surface area contributed by atoms with E-state index in [1.165, 1.54) is 11.8 Å². The molecule has 3 aromatic rings. The topological polar surface area (TPSA) is 70.7 Å². The molecule has 1 amide bonds. The summed E-state index contributed by atoms with van der Waals surface area (Å²) >= 11 is 13.2. The van der Waals surface area contributed by atoms with Crippen LogP contribution in [0.5, 0.6) is 0 Å². The molecule has 1 aromatic heterocycles. The highest BCUT2D eigenvalue weighted by Gasteiger charge is 2.11. The van der Waals surface area contributed by atoms with Crippen LogP contribution in [0, 0.1) is 0 Å². The van der Waals surface area contributed by atoms with Gasteiger partial charge in [0.05, 0.1) is 10.8 Å². The van der Waals surface area contributed by atoms with Gasteiger partial charge in [0.2, 0.25) is 11.1 Å². The van der Waals surface area contributed by atoms with E-state index in [0.29, 0.717) is 26.7 Å². The fourth-order valence-electron chi connectivity index (χ4n) is 1.95. The normalized spacial score (nSPS) is 10.6. The molecular formula is C16H12Cl2N4OS. The third-order valence-corrected chi connectivity index (χ3v) is 4.48.